The Bertz CT molecular complexity index is 1010. The Hall–Kier alpha value is -2.74. The zero-order valence-corrected chi connectivity index (χ0v) is 18.4. The summed E-state index contributed by atoms with van der Waals surface area (Å²) >= 11 is 0. The lowest BCUT2D eigenvalue weighted by atomic mass is 10.1. The third-order valence-electron chi connectivity index (χ3n) is 4.90. The second-order valence-corrected chi connectivity index (χ2v) is 9.38. The van der Waals surface area contributed by atoms with E-state index < -0.39 is 10.0 Å². The van der Waals surface area contributed by atoms with E-state index in [9.17, 15) is 13.2 Å². The minimum absolute atomic E-state index is 0.130. The SMILES string of the molecule is Cc1cccc(N(CCCC(=O)NC(C)c2ccc3c(c2)OCCO3)S(C)(=O)=O)c1. The molecule has 1 amide bonds. The number of hydrogen-bond acceptors (Lipinski definition) is 5. The summed E-state index contributed by atoms with van der Waals surface area (Å²) in [7, 11) is -3.43. The fraction of sp³-hybridized carbons (Fsp3) is 0.409. The van der Waals surface area contributed by atoms with Crippen molar-refractivity contribution < 1.29 is 22.7 Å². The van der Waals surface area contributed by atoms with Crippen LogP contribution in [0.4, 0.5) is 5.69 Å². The molecule has 0 bridgehead atoms. The van der Waals surface area contributed by atoms with E-state index in [2.05, 4.69) is 5.32 Å². The summed E-state index contributed by atoms with van der Waals surface area (Å²) in [5.74, 6) is 1.26. The molecule has 30 heavy (non-hydrogen) atoms. The van der Waals surface area contributed by atoms with Crippen LogP contribution in [0.3, 0.4) is 0 Å². The minimum atomic E-state index is -3.43. The number of carbonyl (C=O) groups excluding carboxylic acids is 1. The summed E-state index contributed by atoms with van der Waals surface area (Å²) in [5.41, 5.74) is 2.51. The quantitative estimate of drug-likeness (QED) is 0.693. The molecule has 0 saturated carbocycles. The predicted molar refractivity (Wildman–Crippen MR) is 117 cm³/mol. The zero-order chi connectivity index (χ0) is 21.7. The summed E-state index contributed by atoms with van der Waals surface area (Å²) in [6.07, 6.45) is 1.83. The van der Waals surface area contributed by atoms with Crippen LogP contribution in [0.1, 0.15) is 36.9 Å². The maximum Gasteiger partial charge on any atom is 0.232 e. The standard InChI is InChI=1S/C22H28N2O5S/c1-16-6-4-7-19(14-16)24(30(3,26)27)11-5-8-22(25)23-17(2)18-9-10-20-21(15-18)29-13-12-28-20/h4,6-7,9-10,14-15,17H,5,8,11-13H2,1-3H3,(H,23,25). The largest absolute Gasteiger partial charge is 0.486 e. The third-order valence-corrected chi connectivity index (χ3v) is 6.09. The van der Waals surface area contributed by atoms with Gasteiger partial charge in [0.1, 0.15) is 13.2 Å². The molecule has 0 aliphatic carbocycles. The molecule has 0 saturated heterocycles. The molecule has 2 aromatic carbocycles. The maximum atomic E-state index is 12.4. The van der Waals surface area contributed by atoms with Crippen molar-refractivity contribution in [1.82, 2.24) is 5.32 Å². The van der Waals surface area contributed by atoms with Crippen molar-refractivity contribution in [1.29, 1.82) is 0 Å². The zero-order valence-electron chi connectivity index (χ0n) is 17.6. The van der Waals surface area contributed by atoms with Gasteiger partial charge >= 0.3 is 0 Å². The summed E-state index contributed by atoms with van der Waals surface area (Å²) in [6.45, 7) is 5.10. The van der Waals surface area contributed by atoms with Crippen molar-refractivity contribution in [3.63, 3.8) is 0 Å². The van der Waals surface area contributed by atoms with E-state index in [0.717, 1.165) is 11.1 Å². The van der Waals surface area contributed by atoms with Crippen LogP contribution in [0.2, 0.25) is 0 Å². The summed E-state index contributed by atoms with van der Waals surface area (Å²) in [5, 5.41) is 2.96. The Morgan fingerprint density at radius 2 is 1.87 bits per heavy atom. The molecule has 7 nitrogen and oxygen atoms in total. The van der Waals surface area contributed by atoms with Gasteiger partial charge in [0.05, 0.1) is 18.0 Å². The second kappa shape index (κ2) is 9.38. The lowest BCUT2D eigenvalue weighted by Gasteiger charge is -2.23. The number of amides is 1. The van der Waals surface area contributed by atoms with Gasteiger partial charge in [-0.15, -0.1) is 0 Å². The van der Waals surface area contributed by atoms with Gasteiger partial charge in [-0.05, 0) is 55.7 Å². The molecule has 0 aromatic heterocycles. The minimum Gasteiger partial charge on any atom is -0.486 e. The first-order chi connectivity index (χ1) is 14.2. The topological polar surface area (TPSA) is 84.9 Å². The molecule has 1 aliphatic rings. The number of nitrogens with one attached hydrogen (secondary N) is 1. The molecule has 3 rings (SSSR count). The molecule has 1 atom stereocenters. The monoisotopic (exact) mass is 432 g/mol. The van der Waals surface area contributed by atoms with Gasteiger partial charge in [0.25, 0.3) is 0 Å². The number of nitrogens with zero attached hydrogens (tertiary/aromatic N) is 1. The van der Waals surface area contributed by atoms with Gasteiger partial charge in [-0.25, -0.2) is 8.42 Å². The number of fused-ring (bicyclic) bond motifs is 1. The van der Waals surface area contributed by atoms with Gasteiger partial charge in [-0.1, -0.05) is 18.2 Å². The number of ether oxygens (including phenoxy) is 2. The highest BCUT2D eigenvalue weighted by Gasteiger charge is 2.19. The Labute approximate surface area is 178 Å². The third kappa shape index (κ3) is 5.66. The molecule has 0 fully saturated rings. The summed E-state index contributed by atoms with van der Waals surface area (Å²) < 4.78 is 36.9. The normalized spacial score (nSPS) is 14.1. The van der Waals surface area contributed by atoms with Gasteiger partial charge < -0.3 is 14.8 Å². The Morgan fingerprint density at radius 3 is 2.57 bits per heavy atom. The predicted octanol–water partition coefficient (Wildman–Crippen LogP) is 3.19. The van der Waals surface area contributed by atoms with E-state index in [-0.39, 0.29) is 24.9 Å². The Balaban J connectivity index is 1.55. The molecule has 1 heterocycles. The number of rotatable bonds is 8. The van der Waals surface area contributed by atoms with Crippen LogP contribution in [-0.4, -0.2) is 40.3 Å². The molecule has 1 unspecified atom stereocenters. The lowest BCUT2D eigenvalue weighted by molar-refractivity contribution is -0.121. The van der Waals surface area contributed by atoms with Crippen LogP contribution in [0.25, 0.3) is 0 Å². The highest BCUT2D eigenvalue weighted by molar-refractivity contribution is 7.92. The Kier molecular flexibility index (Phi) is 6.87. The lowest BCUT2D eigenvalue weighted by Crippen LogP contribution is -2.32. The van der Waals surface area contributed by atoms with Crippen molar-refractivity contribution in [2.24, 2.45) is 0 Å². The molecule has 0 spiro atoms. The number of hydrogen-bond donors (Lipinski definition) is 1. The van der Waals surface area contributed by atoms with E-state index >= 15 is 0 Å². The van der Waals surface area contributed by atoms with E-state index in [1.54, 1.807) is 6.07 Å². The van der Waals surface area contributed by atoms with Gasteiger partial charge in [0.15, 0.2) is 11.5 Å². The van der Waals surface area contributed by atoms with Crippen LogP contribution >= 0.6 is 0 Å². The highest BCUT2D eigenvalue weighted by atomic mass is 32.2. The first kappa shape index (κ1) is 22.0. The summed E-state index contributed by atoms with van der Waals surface area (Å²) in [4.78, 5) is 12.4. The van der Waals surface area contributed by atoms with Gasteiger partial charge in [0, 0.05) is 13.0 Å². The van der Waals surface area contributed by atoms with Crippen LogP contribution in [0.15, 0.2) is 42.5 Å². The molecule has 1 aliphatic heterocycles. The van der Waals surface area contributed by atoms with E-state index in [1.807, 2.05) is 50.2 Å². The average Bonchev–Trinajstić information content (AvgIpc) is 2.69. The first-order valence-corrected chi connectivity index (χ1v) is 11.8. The molecule has 162 valence electrons. The molecular weight excluding hydrogens is 404 g/mol. The Morgan fingerprint density at radius 1 is 1.13 bits per heavy atom. The van der Waals surface area contributed by atoms with Crippen molar-refractivity contribution in [2.75, 3.05) is 30.3 Å². The number of sulfonamides is 1. The van der Waals surface area contributed by atoms with Crippen LogP contribution in [0, 0.1) is 6.92 Å². The number of anilines is 1. The van der Waals surface area contributed by atoms with E-state index in [0.29, 0.717) is 36.8 Å². The fourth-order valence-electron chi connectivity index (χ4n) is 3.38. The molecule has 8 heteroatoms. The van der Waals surface area contributed by atoms with Gasteiger partial charge in [0.2, 0.25) is 15.9 Å². The number of carbonyl (C=O) groups is 1. The molecular formula is C22H28N2O5S. The van der Waals surface area contributed by atoms with E-state index in [1.165, 1.54) is 10.6 Å². The van der Waals surface area contributed by atoms with Crippen molar-refractivity contribution in [2.45, 2.75) is 32.7 Å². The highest BCUT2D eigenvalue weighted by Crippen LogP contribution is 2.32. The van der Waals surface area contributed by atoms with Crippen molar-refractivity contribution in [3.8, 4) is 11.5 Å². The number of benzene rings is 2. The molecule has 1 N–H and O–H groups in total. The van der Waals surface area contributed by atoms with Crippen molar-refractivity contribution >= 4 is 21.6 Å². The summed E-state index contributed by atoms with van der Waals surface area (Å²) in [6, 6.07) is 12.8. The molecule has 0 radical (unpaired) electrons. The van der Waals surface area contributed by atoms with Crippen LogP contribution in [0.5, 0.6) is 11.5 Å². The van der Waals surface area contributed by atoms with Crippen LogP contribution in [-0.2, 0) is 14.8 Å². The van der Waals surface area contributed by atoms with Gasteiger partial charge in [-0.3, -0.25) is 9.10 Å². The second-order valence-electron chi connectivity index (χ2n) is 7.47. The smallest absolute Gasteiger partial charge is 0.232 e. The number of aryl methyl sites for hydroxylation is 1. The van der Waals surface area contributed by atoms with Crippen molar-refractivity contribution in [3.05, 3.63) is 53.6 Å². The van der Waals surface area contributed by atoms with E-state index in [4.69, 9.17) is 9.47 Å². The average molecular weight is 433 g/mol. The first-order valence-electron chi connectivity index (χ1n) is 9.97. The van der Waals surface area contributed by atoms with Gasteiger partial charge in [-0.2, -0.15) is 0 Å². The van der Waals surface area contributed by atoms with Crippen LogP contribution < -0.4 is 19.1 Å². The fourth-order valence-corrected chi connectivity index (χ4v) is 4.34. The maximum absolute atomic E-state index is 12.4. The molecule has 2 aromatic rings.